The summed E-state index contributed by atoms with van der Waals surface area (Å²) >= 11 is 6.10. The van der Waals surface area contributed by atoms with Crippen LogP contribution in [0.4, 0.5) is 11.5 Å². The van der Waals surface area contributed by atoms with Crippen molar-refractivity contribution >= 4 is 34.0 Å². The molecule has 0 amide bonds. The molecule has 0 aliphatic rings. The fraction of sp³-hybridized carbons (Fsp3) is 0.125. The first kappa shape index (κ1) is 16.7. The van der Waals surface area contributed by atoms with Gasteiger partial charge in [-0.15, -0.1) is 0 Å². The third-order valence-corrected chi connectivity index (χ3v) is 3.90. The number of rotatable bonds is 5. The number of phenols is 1. The number of nitro groups is 1. The number of ether oxygens (including phenoxy) is 1. The van der Waals surface area contributed by atoms with Crippen molar-refractivity contribution < 1.29 is 14.8 Å². The summed E-state index contributed by atoms with van der Waals surface area (Å²) in [6.07, 6.45) is 1.32. The summed E-state index contributed by atoms with van der Waals surface area (Å²) in [5, 5.41) is 24.7. The highest BCUT2D eigenvalue weighted by atomic mass is 35.5. The summed E-state index contributed by atoms with van der Waals surface area (Å²) < 4.78 is 5.11. The van der Waals surface area contributed by atoms with Gasteiger partial charge in [0, 0.05) is 24.1 Å². The minimum absolute atomic E-state index is 0.393. The molecule has 1 aromatic heterocycles. The second kappa shape index (κ2) is 6.78. The smallest absolute Gasteiger partial charge is 0.311 e. The fourth-order valence-corrected chi connectivity index (χ4v) is 2.65. The second-order valence-electron chi connectivity index (χ2n) is 5.16. The van der Waals surface area contributed by atoms with Crippen LogP contribution in [0.2, 0.25) is 5.02 Å². The van der Waals surface area contributed by atoms with Crippen LogP contribution in [0.15, 0.2) is 36.7 Å². The monoisotopic (exact) mass is 360 g/mol. The van der Waals surface area contributed by atoms with E-state index in [1.807, 2.05) is 6.07 Å². The Morgan fingerprint density at radius 1 is 1.32 bits per heavy atom. The van der Waals surface area contributed by atoms with Crippen LogP contribution >= 0.6 is 11.6 Å². The topological polar surface area (TPSA) is 110 Å². The lowest BCUT2D eigenvalue weighted by atomic mass is 10.2. The number of benzene rings is 2. The highest BCUT2D eigenvalue weighted by Crippen LogP contribution is 2.33. The summed E-state index contributed by atoms with van der Waals surface area (Å²) in [7, 11) is 1.54. The summed E-state index contributed by atoms with van der Waals surface area (Å²) in [6.45, 7) is 0.393. The summed E-state index contributed by atoms with van der Waals surface area (Å²) in [5.41, 5.74) is 0.872. The van der Waals surface area contributed by atoms with Crippen LogP contribution in [0.3, 0.4) is 0 Å². The molecule has 8 nitrogen and oxygen atoms in total. The third kappa shape index (κ3) is 3.38. The molecule has 25 heavy (non-hydrogen) atoms. The number of anilines is 1. The fourth-order valence-electron chi connectivity index (χ4n) is 2.37. The van der Waals surface area contributed by atoms with E-state index in [1.54, 1.807) is 12.1 Å². The number of hydrogen-bond acceptors (Lipinski definition) is 7. The molecule has 0 unspecified atom stereocenters. The third-order valence-electron chi connectivity index (χ3n) is 3.60. The van der Waals surface area contributed by atoms with Gasteiger partial charge in [0.25, 0.3) is 0 Å². The molecular weight excluding hydrogens is 348 g/mol. The lowest BCUT2D eigenvalue weighted by Crippen LogP contribution is -2.03. The molecule has 0 atom stereocenters. The van der Waals surface area contributed by atoms with Gasteiger partial charge in [0.15, 0.2) is 5.75 Å². The zero-order chi connectivity index (χ0) is 18.0. The Morgan fingerprint density at radius 2 is 2.12 bits per heavy atom. The van der Waals surface area contributed by atoms with Crippen molar-refractivity contribution in [3.63, 3.8) is 0 Å². The number of hydrogen-bond donors (Lipinski definition) is 2. The maximum Gasteiger partial charge on any atom is 0.311 e. The maximum atomic E-state index is 11.0. The van der Waals surface area contributed by atoms with Crippen molar-refractivity contribution in [2.45, 2.75) is 6.54 Å². The van der Waals surface area contributed by atoms with Crippen molar-refractivity contribution in [2.24, 2.45) is 0 Å². The van der Waals surface area contributed by atoms with Crippen LogP contribution in [0, 0.1) is 10.1 Å². The molecular formula is C16H13ClN4O4. The first-order chi connectivity index (χ1) is 12.0. The molecule has 1 heterocycles. The average Bonchev–Trinajstić information content (AvgIpc) is 2.59. The molecule has 0 radical (unpaired) electrons. The second-order valence-corrected chi connectivity index (χ2v) is 5.57. The van der Waals surface area contributed by atoms with Crippen molar-refractivity contribution in [1.82, 2.24) is 9.97 Å². The molecule has 0 aliphatic carbocycles. The highest BCUT2D eigenvalue weighted by molar-refractivity contribution is 6.32. The van der Waals surface area contributed by atoms with Gasteiger partial charge in [-0.25, -0.2) is 9.97 Å². The van der Waals surface area contributed by atoms with Crippen molar-refractivity contribution in [3.8, 4) is 11.5 Å². The number of nitrogens with zero attached hydrogens (tertiary/aromatic N) is 3. The Morgan fingerprint density at radius 3 is 2.80 bits per heavy atom. The molecule has 0 aliphatic heterocycles. The molecule has 0 fully saturated rings. The first-order valence-corrected chi connectivity index (χ1v) is 7.56. The van der Waals surface area contributed by atoms with Gasteiger partial charge in [0.1, 0.15) is 17.9 Å². The quantitative estimate of drug-likeness (QED) is 0.529. The van der Waals surface area contributed by atoms with Crippen LogP contribution in [-0.2, 0) is 6.54 Å². The molecule has 0 spiro atoms. The number of nitrogens with one attached hydrogen (secondary N) is 1. The molecule has 9 heteroatoms. The minimum atomic E-state index is -0.658. The van der Waals surface area contributed by atoms with Gasteiger partial charge < -0.3 is 15.2 Å². The van der Waals surface area contributed by atoms with E-state index in [-0.39, 0.29) is 0 Å². The zero-order valence-electron chi connectivity index (χ0n) is 13.1. The number of methoxy groups -OCH3 is 1. The summed E-state index contributed by atoms with van der Waals surface area (Å²) in [5.74, 6) is 0.549. The molecule has 128 valence electrons. The van der Waals surface area contributed by atoms with Gasteiger partial charge in [0.2, 0.25) is 0 Å². The number of phenolic OH excluding ortho intramolecular Hbond substituents is 1. The zero-order valence-corrected chi connectivity index (χ0v) is 13.8. The van der Waals surface area contributed by atoms with Crippen LogP contribution in [0.5, 0.6) is 11.5 Å². The highest BCUT2D eigenvalue weighted by Gasteiger charge is 2.17. The standard InChI is InChI=1S/C16H13ClN4O4/c1-25-15-3-2-9(4-11(15)17)7-18-16-10-5-13(21(23)24)14(22)6-12(10)19-8-20-16/h2-6,8,22H,7H2,1H3,(H,18,19,20). The number of fused-ring (bicyclic) bond motifs is 1. The molecule has 0 bridgehead atoms. The van der Waals surface area contributed by atoms with Crippen LogP contribution < -0.4 is 10.1 Å². The molecule has 3 aromatic rings. The van der Waals surface area contributed by atoms with Gasteiger partial charge in [-0.2, -0.15) is 0 Å². The van der Waals surface area contributed by atoms with Crippen LogP contribution in [0.1, 0.15) is 5.56 Å². The van der Waals surface area contributed by atoms with Gasteiger partial charge in [-0.3, -0.25) is 10.1 Å². The van der Waals surface area contributed by atoms with Crippen molar-refractivity contribution in [2.75, 3.05) is 12.4 Å². The van der Waals surface area contributed by atoms with E-state index in [0.717, 1.165) is 5.56 Å². The molecule has 0 saturated heterocycles. The largest absolute Gasteiger partial charge is 0.502 e. The van der Waals surface area contributed by atoms with Gasteiger partial charge in [-0.1, -0.05) is 17.7 Å². The lowest BCUT2D eigenvalue weighted by molar-refractivity contribution is -0.385. The number of aromatic hydroxyl groups is 1. The lowest BCUT2D eigenvalue weighted by Gasteiger charge is -2.10. The normalized spacial score (nSPS) is 10.6. The van der Waals surface area contributed by atoms with Crippen LogP contribution in [-0.4, -0.2) is 27.1 Å². The summed E-state index contributed by atoms with van der Waals surface area (Å²) in [6, 6.07) is 7.83. The van der Waals surface area contributed by atoms with E-state index in [1.165, 1.54) is 25.6 Å². The van der Waals surface area contributed by atoms with Crippen LogP contribution in [0.25, 0.3) is 10.9 Å². The van der Waals surface area contributed by atoms with Gasteiger partial charge in [-0.05, 0) is 17.7 Å². The van der Waals surface area contributed by atoms with Crippen molar-refractivity contribution in [3.05, 3.63) is 57.4 Å². The predicted molar refractivity (Wildman–Crippen MR) is 93.2 cm³/mol. The minimum Gasteiger partial charge on any atom is -0.502 e. The Kier molecular flexibility index (Phi) is 4.53. The summed E-state index contributed by atoms with van der Waals surface area (Å²) in [4.78, 5) is 18.5. The van der Waals surface area contributed by atoms with E-state index < -0.39 is 16.4 Å². The maximum absolute atomic E-state index is 11.0. The van der Waals surface area contributed by atoms with E-state index in [2.05, 4.69) is 15.3 Å². The van der Waals surface area contributed by atoms with E-state index in [4.69, 9.17) is 16.3 Å². The Hall–Kier alpha value is -3.13. The van der Waals surface area contributed by atoms with Gasteiger partial charge >= 0.3 is 5.69 Å². The predicted octanol–water partition coefficient (Wildman–Crippen LogP) is 3.52. The van der Waals surface area contributed by atoms with Gasteiger partial charge in [0.05, 0.1) is 22.6 Å². The van der Waals surface area contributed by atoms with E-state index in [9.17, 15) is 15.2 Å². The van der Waals surface area contributed by atoms with Crippen molar-refractivity contribution in [1.29, 1.82) is 0 Å². The SMILES string of the molecule is COc1ccc(CNc2ncnc3cc(O)c([N+](=O)[O-])cc23)cc1Cl. The van der Waals surface area contributed by atoms with E-state index >= 15 is 0 Å². The number of halogens is 1. The van der Waals surface area contributed by atoms with E-state index in [0.29, 0.717) is 34.0 Å². The molecule has 0 saturated carbocycles. The Balaban J connectivity index is 1.92. The first-order valence-electron chi connectivity index (χ1n) is 7.18. The molecule has 2 aromatic carbocycles. The average molecular weight is 361 g/mol. The Labute approximate surface area is 147 Å². The number of nitro benzene ring substituents is 1. The number of aromatic nitrogens is 2. The molecule has 2 N–H and O–H groups in total. The Bertz CT molecular complexity index is 964. The molecule has 3 rings (SSSR count).